The zero-order valence-electron chi connectivity index (χ0n) is 18.3. The van der Waals surface area contributed by atoms with E-state index >= 15 is 0 Å². The Morgan fingerprint density at radius 2 is 1.80 bits per heavy atom. The molecule has 0 aromatic heterocycles. The minimum atomic E-state index is -0.553. The summed E-state index contributed by atoms with van der Waals surface area (Å²) in [5.41, 5.74) is 3.40. The lowest BCUT2D eigenvalue weighted by atomic mass is 10.0. The van der Waals surface area contributed by atoms with Gasteiger partial charge >= 0.3 is 0 Å². The minimum absolute atomic E-state index is 0.242. The highest BCUT2D eigenvalue weighted by molar-refractivity contribution is 5.67. The second-order valence-corrected chi connectivity index (χ2v) is 8.06. The molecule has 1 unspecified atom stereocenters. The molecule has 0 radical (unpaired) electrons. The SMILES string of the molecule is COc1cc(OCC(O)CN2CCCOCC2)cc(-c2ccc(CN(C)C)cc2)c1. The number of hydrogen-bond donors (Lipinski definition) is 1. The van der Waals surface area contributed by atoms with E-state index < -0.39 is 6.10 Å². The Bertz CT molecular complexity index is 771. The zero-order valence-corrected chi connectivity index (χ0v) is 18.3. The Labute approximate surface area is 180 Å². The third-order valence-electron chi connectivity index (χ3n) is 5.13. The van der Waals surface area contributed by atoms with Gasteiger partial charge in [0.15, 0.2) is 0 Å². The fourth-order valence-corrected chi connectivity index (χ4v) is 3.63. The normalized spacial score (nSPS) is 16.3. The molecule has 30 heavy (non-hydrogen) atoms. The maximum Gasteiger partial charge on any atom is 0.123 e. The van der Waals surface area contributed by atoms with Gasteiger partial charge in [0, 0.05) is 38.9 Å². The largest absolute Gasteiger partial charge is 0.497 e. The average Bonchev–Trinajstić information content (AvgIpc) is 3.01. The minimum Gasteiger partial charge on any atom is -0.497 e. The van der Waals surface area contributed by atoms with Gasteiger partial charge in [-0.2, -0.15) is 0 Å². The van der Waals surface area contributed by atoms with Crippen LogP contribution in [0.2, 0.25) is 0 Å². The monoisotopic (exact) mass is 414 g/mol. The molecule has 0 spiro atoms. The molecular weight excluding hydrogens is 380 g/mol. The Balaban J connectivity index is 1.63. The van der Waals surface area contributed by atoms with Crippen LogP contribution in [0, 0.1) is 0 Å². The molecule has 1 fully saturated rings. The van der Waals surface area contributed by atoms with Gasteiger partial charge < -0.3 is 24.2 Å². The second kappa shape index (κ2) is 11.3. The summed E-state index contributed by atoms with van der Waals surface area (Å²) < 4.78 is 16.9. The van der Waals surface area contributed by atoms with Crippen LogP contribution in [0.4, 0.5) is 0 Å². The van der Waals surface area contributed by atoms with Gasteiger partial charge in [0.2, 0.25) is 0 Å². The standard InChI is InChI=1S/C24H34N2O4/c1-25(2)16-19-5-7-20(8-6-19)21-13-23(28-3)15-24(14-21)30-18-22(27)17-26-9-4-11-29-12-10-26/h5-8,13-15,22,27H,4,9-12,16-18H2,1-3H3. The number of aliphatic hydroxyl groups excluding tert-OH is 1. The third-order valence-corrected chi connectivity index (χ3v) is 5.13. The molecule has 2 aromatic carbocycles. The van der Waals surface area contributed by atoms with Gasteiger partial charge in [0.05, 0.1) is 13.7 Å². The smallest absolute Gasteiger partial charge is 0.123 e. The van der Waals surface area contributed by atoms with Crippen molar-refractivity contribution < 1.29 is 19.3 Å². The maximum absolute atomic E-state index is 10.4. The summed E-state index contributed by atoms with van der Waals surface area (Å²) in [4.78, 5) is 4.38. The van der Waals surface area contributed by atoms with Gasteiger partial charge in [-0.15, -0.1) is 0 Å². The first-order valence-electron chi connectivity index (χ1n) is 10.6. The van der Waals surface area contributed by atoms with E-state index in [1.54, 1.807) is 7.11 Å². The van der Waals surface area contributed by atoms with Crippen LogP contribution in [-0.4, -0.2) is 81.7 Å². The Morgan fingerprint density at radius 3 is 2.53 bits per heavy atom. The molecule has 1 heterocycles. The number of hydrogen-bond acceptors (Lipinski definition) is 6. The topological polar surface area (TPSA) is 54.4 Å². The van der Waals surface area contributed by atoms with E-state index in [9.17, 15) is 5.11 Å². The predicted molar refractivity (Wildman–Crippen MR) is 119 cm³/mol. The molecule has 0 bridgehead atoms. The van der Waals surface area contributed by atoms with Gasteiger partial charge in [0.25, 0.3) is 0 Å². The van der Waals surface area contributed by atoms with Crippen LogP contribution in [0.1, 0.15) is 12.0 Å². The first-order chi connectivity index (χ1) is 14.5. The fourth-order valence-electron chi connectivity index (χ4n) is 3.63. The predicted octanol–water partition coefficient (Wildman–Crippen LogP) is 2.89. The quantitative estimate of drug-likeness (QED) is 0.681. The highest BCUT2D eigenvalue weighted by Crippen LogP contribution is 2.30. The number of nitrogens with zero attached hydrogens (tertiary/aromatic N) is 2. The van der Waals surface area contributed by atoms with Crippen molar-refractivity contribution in [2.75, 3.05) is 60.7 Å². The molecule has 164 valence electrons. The van der Waals surface area contributed by atoms with Gasteiger partial charge in [0.1, 0.15) is 24.2 Å². The van der Waals surface area contributed by atoms with Crippen molar-refractivity contribution >= 4 is 0 Å². The first kappa shape index (κ1) is 22.6. The molecule has 1 N–H and O–H groups in total. The van der Waals surface area contributed by atoms with Crippen molar-refractivity contribution in [3.63, 3.8) is 0 Å². The van der Waals surface area contributed by atoms with E-state index in [0.717, 1.165) is 56.1 Å². The van der Waals surface area contributed by atoms with Crippen LogP contribution in [0.5, 0.6) is 11.5 Å². The number of aliphatic hydroxyl groups is 1. The summed E-state index contributed by atoms with van der Waals surface area (Å²) in [7, 11) is 5.78. The Kier molecular flexibility index (Phi) is 8.51. The van der Waals surface area contributed by atoms with E-state index in [1.165, 1.54) is 5.56 Å². The third kappa shape index (κ3) is 6.99. The van der Waals surface area contributed by atoms with Crippen LogP contribution in [-0.2, 0) is 11.3 Å². The summed E-state index contributed by atoms with van der Waals surface area (Å²) in [6.45, 7) is 5.06. The molecule has 6 nitrogen and oxygen atoms in total. The molecule has 1 aliphatic heterocycles. The summed E-state index contributed by atoms with van der Waals surface area (Å²) in [5, 5.41) is 10.4. The lowest BCUT2D eigenvalue weighted by molar-refractivity contribution is 0.0658. The summed E-state index contributed by atoms with van der Waals surface area (Å²) >= 11 is 0. The van der Waals surface area contributed by atoms with E-state index in [2.05, 4.69) is 48.2 Å². The highest BCUT2D eigenvalue weighted by Gasteiger charge is 2.15. The van der Waals surface area contributed by atoms with Crippen molar-refractivity contribution in [1.82, 2.24) is 9.80 Å². The van der Waals surface area contributed by atoms with Crippen molar-refractivity contribution in [2.24, 2.45) is 0 Å². The van der Waals surface area contributed by atoms with Crippen LogP contribution < -0.4 is 9.47 Å². The molecule has 0 aliphatic carbocycles. The molecule has 6 heteroatoms. The van der Waals surface area contributed by atoms with Crippen molar-refractivity contribution in [3.8, 4) is 22.6 Å². The van der Waals surface area contributed by atoms with Gasteiger partial charge in [-0.25, -0.2) is 0 Å². The number of benzene rings is 2. The number of ether oxygens (including phenoxy) is 3. The zero-order chi connectivity index (χ0) is 21.3. The Morgan fingerprint density at radius 1 is 1.03 bits per heavy atom. The summed E-state index contributed by atoms with van der Waals surface area (Å²) in [5.74, 6) is 1.43. The van der Waals surface area contributed by atoms with E-state index in [4.69, 9.17) is 14.2 Å². The molecule has 3 rings (SSSR count). The summed E-state index contributed by atoms with van der Waals surface area (Å²) in [6.07, 6.45) is 0.447. The van der Waals surface area contributed by atoms with Crippen LogP contribution in [0.25, 0.3) is 11.1 Å². The molecular formula is C24H34N2O4. The van der Waals surface area contributed by atoms with Crippen molar-refractivity contribution in [3.05, 3.63) is 48.0 Å². The van der Waals surface area contributed by atoms with E-state index in [1.807, 2.05) is 18.2 Å². The van der Waals surface area contributed by atoms with Gasteiger partial charge in [-0.05, 0) is 49.3 Å². The second-order valence-electron chi connectivity index (χ2n) is 8.06. The number of methoxy groups -OCH3 is 1. The molecule has 2 aromatic rings. The molecule has 1 atom stereocenters. The lowest BCUT2D eigenvalue weighted by Crippen LogP contribution is -2.37. The van der Waals surface area contributed by atoms with E-state index in [-0.39, 0.29) is 6.61 Å². The van der Waals surface area contributed by atoms with Crippen molar-refractivity contribution in [1.29, 1.82) is 0 Å². The lowest BCUT2D eigenvalue weighted by Gasteiger charge is -2.22. The van der Waals surface area contributed by atoms with Crippen molar-refractivity contribution in [2.45, 2.75) is 19.1 Å². The Hall–Kier alpha value is -2.12. The first-order valence-corrected chi connectivity index (χ1v) is 10.6. The van der Waals surface area contributed by atoms with Gasteiger partial charge in [-0.3, -0.25) is 4.90 Å². The number of β-amino-alcohol motifs (C(OH)–C–C–N with tert-alkyl or cyclic N) is 1. The maximum atomic E-state index is 10.4. The fraction of sp³-hybridized carbons (Fsp3) is 0.500. The molecule has 0 amide bonds. The number of rotatable bonds is 9. The highest BCUT2D eigenvalue weighted by atomic mass is 16.5. The van der Waals surface area contributed by atoms with E-state index in [0.29, 0.717) is 12.3 Å². The molecule has 1 aliphatic rings. The van der Waals surface area contributed by atoms with Crippen LogP contribution in [0.15, 0.2) is 42.5 Å². The molecule has 1 saturated heterocycles. The summed E-state index contributed by atoms with van der Waals surface area (Å²) in [6, 6.07) is 14.4. The van der Waals surface area contributed by atoms with Crippen LogP contribution >= 0.6 is 0 Å². The average molecular weight is 415 g/mol. The van der Waals surface area contributed by atoms with Crippen LogP contribution in [0.3, 0.4) is 0 Å². The van der Waals surface area contributed by atoms with Gasteiger partial charge in [-0.1, -0.05) is 24.3 Å². The molecule has 0 saturated carbocycles.